The molecular formula is C9H21FN2. The molecule has 12 heavy (non-hydrogen) atoms. The molecule has 0 aromatic rings. The molecule has 0 saturated carbocycles. The SMILES string of the molecule is CC(C)N(C)CCN(C)CCF. The standard InChI is InChI=1S/C9H21FN2/c1-9(2)12(4)8-7-11(3)6-5-10/h9H,5-8H2,1-4H3. The van der Waals surface area contributed by atoms with E-state index in [4.69, 9.17) is 0 Å². The Balaban J connectivity index is 3.40. The van der Waals surface area contributed by atoms with E-state index < -0.39 is 0 Å². The van der Waals surface area contributed by atoms with Gasteiger partial charge in [-0.15, -0.1) is 0 Å². The molecule has 0 amide bonds. The first-order chi connectivity index (χ1) is 5.57. The van der Waals surface area contributed by atoms with E-state index in [1.807, 2.05) is 11.9 Å². The molecule has 2 nitrogen and oxygen atoms in total. The van der Waals surface area contributed by atoms with Crippen LogP contribution in [0.4, 0.5) is 4.39 Å². The summed E-state index contributed by atoms with van der Waals surface area (Å²) in [5.41, 5.74) is 0. The average molecular weight is 176 g/mol. The molecule has 0 unspecified atom stereocenters. The Hall–Kier alpha value is -0.150. The third-order valence-electron chi connectivity index (χ3n) is 2.18. The van der Waals surface area contributed by atoms with Gasteiger partial charge in [0.1, 0.15) is 6.67 Å². The van der Waals surface area contributed by atoms with Crippen molar-refractivity contribution >= 4 is 0 Å². The van der Waals surface area contributed by atoms with Crippen molar-refractivity contribution in [2.75, 3.05) is 40.4 Å². The monoisotopic (exact) mass is 176 g/mol. The van der Waals surface area contributed by atoms with Crippen LogP contribution in [0.1, 0.15) is 13.8 Å². The van der Waals surface area contributed by atoms with Gasteiger partial charge in [-0.1, -0.05) is 0 Å². The number of rotatable bonds is 6. The van der Waals surface area contributed by atoms with Gasteiger partial charge in [0.2, 0.25) is 0 Å². The van der Waals surface area contributed by atoms with Gasteiger partial charge < -0.3 is 9.80 Å². The molecule has 0 fully saturated rings. The maximum absolute atomic E-state index is 11.9. The molecule has 0 aliphatic carbocycles. The summed E-state index contributed by atoms with van der Waals surface area (Å²) in [5, 5.41) is 0. The van der Waals surface area contributed by atoms with E-state index in [9.17, 15) is 4.39 Å². The van der Waals surface area contributed by atoms with Crippen molar-refractivity contribution < 1.29 is 4.39 Å². The molecule has 0 aromatic heterocycles. The average Bonchev–Trinajstić information content (AvgIpc) is 2.00. The summed E-state index contributed by atoms with van der Waals surface area (Å²) in [7, 11) is 4.04. The maximum atomic E-state index is 11.9. The molecular weight excluding hydrogens is 155 g/mol. The number of hydrogen-bond acceptors (Lipinski definition) is 2. The van der Waals surface area contributed by atoms with E-state index in [1.54, 1.807) is 0 Å². The van der Waals surface area contributed by atoms with Crippen molar-refractivity contribution in [3.05, 3.63) is 0 Å². The minimum absolute atomic E-state index is 0.248. The summed E-state index contributed by atoms with van der Waals surface area (Å²) < 4.78 is 11.9. The van der Waals surface area contributed by atoms with Crippen LogP contribution in [0.15, 0.2) is 0 Å². The molecule has 0 saturated heterocycles. The van der Waals surface area contributed by atoms with E-state index >= 15 is 0 Å². The summed E-state index contributed by atoms with van der Waals surface area (Å²) in [4.78, 5) is 4.27. The number of nitrogens with zero attached hydrogens (tertiary/aromatic N) is 2. The predicted molar refractivity (Wildman–Crippen MR) is 51.2 cm³/mol. The van der Waals surface area contributed by atoms with Crippen molar-refractivity contribution in [3.8, 4) is 0 Å². The van der Waals surface area contributed by atoms with Crippen molar-refractivity contribution in [1.82, 2.24) is 9.80 Å². The summed E-state index contributed by atoms with van der Waals surface area (Å²) >= 11 is 0. The predicted octanol–water partition coefficient (Wildman–Crippen LogP) is 1.23. The Morgan fingerprint density at radius 3 is 2.08 bits per heavy atom. The van der Waals surface area contributed by atoms with E-state index in [2.05, 4.69) is 25.8 Å². The second-order valence-electron chi connectivity index (χ2n) is 3.57. The summed E-state index contributed by atoms with van der Waals surface area (Å²) in [6, 6.07) is 0.573. The summed E-state index contributed by atoms with van der Waals surface area (Å²) in [5.74, 6) is 0. The van der Waals surface area contributed by atoms with Crippen LogP contribution >= 0.6 is 0 Å². The number of hydrogen-bond donors (Lipinski definition) is 0. The second kappa shape index (κ2) is 6.38. The Morgan fingerprint density at radius 1 is 1.08 bits per heavy atom. The van der Waals surface area contributed by atoms with Crippen molar-refractivity contribution in [3.63, 3.8) is 0 Å². The lowest BCUT2D eigenvalue weighted by Gasteiger charge is -2.24. The molecule has 3 heteroatoms. The summed E-state index contributed by atoms with van der Waals surface area (Å²) in [6.45, 7) is 6.57. The smallest absolute Gasteiger partial charge is 0.102 e. The van der Waals surface area contributed by atoms with Crippen LogP contribution in [0, 0.1) is 0 Å². The van der Waals surface area contributed by atoms with Gasteiger partial charge in [0, 0.05) is 25.7 Å². The van der Waals surface area contributed by atoms with E-state index in [-0.39, 0.29) is 6.67 Å². The summed E-state index contributed by atoms with van der Waals surface area (Å²) in [6.07, 6.45) is 0. The second-order valence-corrected chi connectivity index (χ2v) is 3.57. The van der Waals surface area contributed by atoms with Crippen LogP contribution in [0.3, 0.4) is 0 Å². The number of likely N-dealkylation sites (N-methyl/N-ethyl adjacent to an activating group) is 2. The van der Waals surface area contributed by atoms with Crippen LogP contribution in [0.25, 0.3) is 0 Å². The lowest BCUT2D eigenvalue weighted by Crippen LogP contribution is -2.35. The van der Waals surface area contributed by atoms with Gasteiger partial charge in [0.25, 0.3) is 0 Å². The van der Waals surface area contributed by atoms with Gasteiger partial charge in [-0.05, 0) is 27.9 Å². The van der Waals surface area contributed by atoms with Crippen molar-refractivity contribution in [2.24, 2.45) is 0 Å². The molecule has 0 aliphatic rings. The third-order valence-corrected chi connectivity index (χ3v) is 2.18. The molecule has 0 atom stereocenters. The van der Waals surface area contributed by atoms with E-state index in [0.717, 1.165) is 13.1 Å². The zero-order valence-electron chi connectivity index (χ0n) is 8.68. The minimum Gasteiger partial charge on any atom is -0.303 e. The van der Waals surface area contributed by atoms with E-state index in [0.29, 0.717) is 12.6 Å². The highest BCUT2D eigenvalue weighted by Crippen LogP contribution is 1.93. The van der Waals surface area contributed by atoms with Gasteiger partial charge in [0.15, 0.2) is 0 Å². The Morgan fingerprint density at radius 2 is 1.67 bits per heavy atom. The fourth-order valence-corrected chi connectivity index (χ4v) is 0.843. The first kappa shape index (κ1) is 11.8. The highest BCUT2D eigenvalue weighted by molar-refractivity contribution is 4.59. The zero-order chi connectivity index (χ0) is 9.56. The van der Waals surface area contributed by atoms with Crippen molar-refractivity contribution in [2.45, 2.75) is 19.9 Å². The normalized spacial score (nSPS) is 12.0. The fraction of sp³-hybridized carbons (Fsp3) is 1.00. The highest BCUT2D eigenvalue weighted by atomic mass is 19.1. The Kier molecular flexibility index (Phi) is 6.30. The molecule has 0 rings (SSSR count). The molecule has 0 aromatic carbocycles. The van der Waals surface area contributed by atoms with Gasteiger partial charge in [-0.3, -0.25) is 0 Å². The molecule has 0 spiro atoms. The lowest BCUT2D eigenvalue weighted by atomic mass is 10.3. The first-order valence-corrected chi connectivity index (χ1v) is 4.52. The van der Waals surface area contributed by atoms with Crippen LogP contribution in [-0.4, -0.2) is 56.2 Å². The molecule has 0 radical (unpaired) electrons. The molecule has 0 heterocycles. The van der Waals surface area contributed by atoms with Crippen LogP contribution < -0.4 is 0 Å². The fourth-order valence-electron chi connectivity index (χ4n) is 0.843. The topological polar surface area (TPSA) is 6.48 Å². The highest BCUT2D eigenvalue weighted by Gasteiger charge is 2.04. The van der Waals surface area contributed by atoms with Crippen LogP contribution in [0.2, 0.25) is 0 Å². The molecule has 0 aliphatic heterocycles. The lowest BCUT2D eigenvalue weighted by molar-refractivity contribution is 0.216. The molecule has 74 valence electrons. The third kappa shape index (κ3) is 5.49. The molecule has 0 N–H and O–H groups in total. The Labute approximate surface area is 75.3 Å². The van der Waals surface area contributed by atoms with Crippen LogP contribution in [0.5, 0.6) is 0 Å². The quantitative estimate of drug-likeness (QED) is 0.600. The van der Waals surface area contributed by atoms with Gasteiger partial charge in [-0.2, -0.15) is 0 Å². The van der Waals surface area contributed by atoms with Crippen molar-refractivity contribution in [1.29, 1.82) is 0 Å². The van der Waals surface area contributed by atoms with Gasteiger partial charge in [0.05, 0.1) is 0 Å². The maximum Gasteiger partial charge on any atom is 0.102 e. The minimum atomic E-state index is -0.248. The number of halogens is 1. The first-order valence-electron chi connectivity index (χ1n) is 4.52. The largest absolute Gasteiger partial charge is 0.303 e. The van der Waals surface area contributed by atoms with Crippen LogP contribution in [-0.2, 0) is 0 Å². The zero-order valence-corrected chi connectivity index (χ0v) is 8.68. The number of alkyl halides is 1. The molecule has 0 bridgehead atoms. The Bertz CT molecular complexity index is 107. The van der Waals surface area contributed by atoms with E-state index in [1.165, 1.54) is 0 Å². The van der Waals surface area contributed by atoms with Gasteiger partial charge >= 0.3 is 0 Å². The van der Waals surface area contributed by atoms with Gasteiger partial charge in [-0.25, -0.2) is 4.39 Å².